The highest BCUT2D eigenvalue weighted by atomic mass is 16.5. The Kier molecular flexibility index (Phi) is 5.07. The Morgan fingerprint density at radius 1 is 1.04 bits per heavy atom. The van der Waals surface area contributed by atoms with E-state index in [0.29, 0.717) is 12.2 Å². The molecule has 0 spiro atoms. The first-order valence-corrected chi connectivity index (χ1v) is 9.96. The first-order chi connectivity index (χ1) is 13.5. The maximum Gasteiger partial charge on any atom is 0.264 e. The SMILES string of the molecule is Cc1cc(C)c2c(c1)N(C(=O)COc1ccc(N3CCCC3=O)cc1)CCC2. The second-order valence-corrected chi connectivity index (χ2v) is 7.66. The number of carbonyl (C=O) groups is 2. The van der Waals surface area contributed by atoms with Gasteiger partial charge in [0.15, 0.2) is 6.61 Å². The third-order valence-corrected chi connectivity index (χ3v) is 5.58. The fraction of sp³-hybridized carbons (Fsp3) is 0.391. The molecule has 5 heteroatoms. The molecule has 2 aromatic carbocycles. The summed E-state index contributed by atoms with van der Waals surface area (Å²) in [6.07, 6.45) is 3.51. The molecule has 5 nitrogen and oxygen atoms in total. The Morgan fingerprint density at radius 2 is 1.79 bits per heavy atom. The molecule has 2 heterocycles. The van der Waals surface area contributed by atoms with E-state index in [2.05, 4.69) is 26.0 Å². The third-order valence-electron chi connectivity index (χ3n) is 5.58. The average Bonchev–Trinajstić information content (AvgIpc) is 3.12. The normalized spacial score (nSPS) is 16.3. The molecule has 0 aliphatic carbocycles. The summed E-state index contributed by atoms with van der Waals surface area (Å²) < 4.78 is 5.75. The Hall–Kier alpha value is -2.82. The van der Waals surface area contributed by atoms with E-state index in [4.69, 9.17) is 4.74 Å². The average molecular weight is 378 g/mol. The van der Waals surface area contributed by atoms with Crippen molar-refractivity contribution in [2.45, 2.75) is 39.5 Å². The van der Waals surface area contributed by atoms with Crippen LogP contribution in [0.2, 0.25) is 0 Å². The Labute approximate surface area is 165 Å². The maximum atomic E-state index is 12.8. The van der Waals surface area contributed by atoms with Crippen molar-refractivity contribution in [3.8, 4) is 5.75 Å². The van der Waals surface area contributed by atoms with Gasteiger partial charge in [0.25, 0.3) is 5.91 Å². The molecule has 0 saturated carbocycles. The summed E-state index contributed by atoms with van der Waals surface area (Å²) in [5, 5.41) is 0. The van der Waals surface area contributed by atoms with Gasteiger partial charge in [-0.15, -0.1) is 0 Å². The first-order valence-electron chi connectivity index (χ1n) is 9.96. The second kappa shape index (κ2) is 7.66. The highest BCUT2D eigenvalue weighted by Gasteiger charge is 2.25. The summed E-state index contributed by atoms with van der Waals surface area (Å²) in [6, 6.07) is 11.7. The monoisotopic (exact) mass is 378 g/mol. The van der Waals surface area contributed by atoms with Crippen molar-refractivity contribution in [1.82, 2.24) is 0 Å². The number of hydrogen-bond donors (Lipinski definition) is 0. The van der Waals surface area contributed by atoms with Gasteiger partial charge in [0, 0.05) is 30.9 Å². The number of rotatable bonds is 4. The smallest absolute Gasteiger partial charge is 0.264 e. The molecule has 0 N–H and O–H groups in total. The summed E-state index contributed by atoms with van der Waals surface area (Å²) in [4.78, 5) is 28.3. The summed E-state index contributed by atoms with van der Waals surface area (Å²) >= 11 is 0. The molecule has 2 amide bonds. The fourth-order valence-corrected chi connectivity index (χ4v) is 4.20. The van der Waals surface area contributed by atoms with Crippen molar-refractivity contribution in [3.05, 3.63) is 53.1 Å². The van der Waals surface area contributed by atoms with Gasteiger partial charge in [0.1, 0.15) is 5.75 Å². The molecule has 0 bridgehead atoms. The lowest BCUT2D eigenvalue weighted by Crippen LogP contribution is -2.39. The van der Waals surface area contributed by atoms with Crippen molar-refractivity contribution >= 4 is 23.2 Å². The van der Waals surface area contributed by atoms with Crippen molar-refractivity contribution in [3.63, 3.8) is 0 Å². The van der Waals surface area contributed by atoms with E-state index >= 15 is 0 Å². The van der Waals surface area contributed by atoms with Gasteiger partial charge in [-0.3, -0.25) is 9.59 Å². The Bertz CT molecular complexity index is 905. The topological polar surface area (TPSA) is 49.9 Å². The molecule has 2 aromatic rings. The summed E-state index contributed by atoms with van der Waals surface area (Å²) in [5.41, 5.74) is 5.60. The predicted molar refractivity (Wildman–Crippen MR) is 110 cm³/mol. The van der Waals surface area contributed by atoms with Crippen LogP contribution in [0.4, 0.5) is 11.4 Å². The summed E-state index contributed by atoms with van der Waals surface area (Å²) in [6.45, 7) is 5.68. The number of benzene rings is 2. The zero-order valence-corrected chi connectivity index (χ0v) is 16.5. The van der Waals surface area contributed by atoms with Crippen LogP contribution in [0, 0.1) is 13.8 Å². The van der Waals surface area contributed by atoms with Crippen LogP contribution >= 0.6 is 0 Å². The number of fused-ring (bicyclic) bond motifs is 1. The second-order valence-electron chi connectivity index (χ2n) is 7.66. The number of nitrogens with zero attached hydrogens (tertiary/aromatic N) is 2. The molecule has 1 fully saturated rings. The van der Waals surface area contributed by atoms with E-state index < -0.39 is 0 Å². The molecule has 0 radical (unpaired) electrons. The molecule has 4 rings (SSSR count). The van der Waals surface area contributed by atoms with Crippen LogP contribution in [-0.4, -0.2) is 31.5 Å². The van der Waals surface area contributed by atoms with Gasteiger partial charge in [-0.25, -0.2) is 0 Å². The van der Waals surface area contributed by atoms with Gasteiger partial charge in [0.05, 0.1) is 0 Å². The van der Waals surface area contributed by atoms with E-state index in [0.717, 1.165) is 43.7 Å². The Balaban J connectivity index is 1.42. The Morgan fingerprint density at radius 3 is 2.50 bits per heavy atom. The van der Waals surface area contributed by atoms with Crippen LogP contribution in [0.1, 0.15) is 36.0 Å². The summed E-state index contributed by atoms with van der Waals surface area (Å²) in [7, 11) is 0. The minimum absolute atomic E-state index is 0.00835. The predicted octanol–water partition coefficient (Wildman–Crippen LogP) is 3.79. The van der Waals surface area contributed by atoms with E-state index in [9.17, 15) is 9.59 Å². The van der Waals surface area contributed by atoms with Gasteiger partial charge >= 0.3 is 0 Å². The number of anilines is 2. The molecule has 0 atom stereocenters. The number of hydrogen-bond acceptors (Lipinski definition) is 3. The van der Waals surface area contributed by atoms with E-state index in [1.807, 2.05) is 29.2 Å². The molecular formula is C23H26N2O3. The molecule has 2 aliphatic rings. The number of ether oxygens (including phenoxy) is 1. The van der Waals surface area contributed by atoms with Gasteiger partial charge < -0.3 is 14.5 Å². The van der Waals surface area contributed by atoms with Crippen LogP contribution in [0.5, 0.6) is 5.75 Å². The molecule has 0 aromatic heterocycles. The standard InChI is InChI=1S/C23H26N2O3/c1-16-13-17(2)20-5-3-12-25(21(20)14-16)23(27)15-28-19-9-7-18(8-10-19)24-11-4-6-22(24)26/h7-10,13-14H,3-6,11-12,15H2,1-2H3. The maximum absolute atomic E-state index is 12.8. The largest absolute Gasteiger partial charge is 0.484 e. The van der Waals surface area contributed by atoms with E-state index in [1.54, 1.807) is 4.90 Å². The van der Waals surface area contributed by atoms with Crippen molar-refractivity contribution in [2.24, 2.45) is 0 Å². The van der Waals surface area contributed by atoms with Crippen molar-refractivity contribution in [2.75, 3.05) is 29.5 Å². The molecule has 1 saturated heterocycles. The van der Waals surface area contributed by atoms with E-state index in [-0.39, 0.29) is 18.4 Å². The first kappa shape index (κ1) is 18.5. The molecule has 28 heavy (non-hydrogen) atoms. The summed E-state index contributed by atoms with van der Waals surface area (Å²) in [5.74, 6) is 0.782. The van der Waals surface area contributed by atoms with Crippen LogP contribution in [0.25, 0.3) is 0 Å². The lowest BCUT2D eigenvalue weighted by atomic mass is 9.95. The van der Waals surface area contributed by atoms with Crippen LogP contribution < -0.4 is 14.5 Å². The third kappa shape index (κ3) is 3.61. The van der Waals surface area contributed by atoms with Gasteiger partial charge in [-0.05, 0) is 80.1 Å². The van der Waals surface area contributed by atoms with Crippen molar-refractivity contribution in [1.29, 1.82) is 0 Å². The number of carbonyl (C=O) groups excluding carboxylic acids is 2. The molecular weight excluding hydrogens is 352 g/mol. The van der Waals surface area contributed by atoms with Gasteiger partial charge in [-0.2, -0.15) is 0 Å². The fourth-order valence-electron chi connectivity index (χ4n) is 4.20. The van der Waals surface area contributed by atoms with Crippen LogP contribution in [0.3, 0.4) is 0 Å². The number of aryl methyl sites for hydroxylation is 2. The lowest BCUT2D eigenvalue weighted by Gasteiger charge is -2.31. The minimum atomic E-state index is -0.0234. The zero-order chi connectivity index (χ0) is 19.7. The number of amides is 2. The van der Waals surface area contributed by atoms with Crippen LogP contribution in [-0.2, 0) is 16.0 Å². The van der Waals surface area contributed by atoms with Gasteiger partial charge in [-0.1, -0.05) is 6.07 Å². The molecule has 2 aliphatic heterocycles. The van der Waals surface area contributed by atoms with Crippen LogP contribution in [0.15, 0.2) is 36.4 Å². The quantitative estimate of drug-likeness (QED) is 0.813. The zero-order valence-electron chi connectivity index (χ0n) is 16.5. The highest BCUT2D eigenvalue weighted by molar-refractivity contribution is 5.96. The lowest BCUT2D eigenvalue weighted by molar-refractivity contribution is -0.120. The van der Waals surface area contributed by atoms with Crippen molar-refractivity contribution < 1.29 is 14.3 Å². The molecule has 0 unspecified atom stereocenters. The highest BCUT2D eigenvalue weighted by Crippen LogP contribution is 2.31. The minimum Gasteiger partial charge on any atom is -0.484 e. The van der Waals surface area contributed by atoms with Gasteiger partial charge in [0.2, 0.25) is 5.91 Å². The molecule has 146 valence electrons. The van der Waals surface area contributed by atoms with E-state index in [1.165, 1.54) is 16.7 Å².